The smallest absolute Gasteiger partial charge is 0.223 e. The van der Waals surface area contributed by atoms with Gasteiger partial charge in [0.2, 0.25) is 11.8 Å². The number of benzene rings is 1. The van der Waals surface area contributed by atoms with E-state index in [0.717, 1.165) is 44.8 Å². The maximum atomic E-state index is 13.0. The van der Waals surface area contributed by atoms with Crippen molar-refractivity contribution >= 4 is 17.5 Å². The van der Waals surface area contributed by atoms with Crippen molar-refractivity contribution in [3.8, 4) is 0 Å². The van der Waals surface area contributed by atoms with Crippen LogP contribution in [-0.2, 0) is 9.59 Å². The Balaban J connectivity index is 1.25. The molecule has 2 fully saturated rings. The van der Waals surface area contributed by atoms with Crippen LogP contribution in [0.3, 0.4) is 0 Å². The van der Waals surface area contributed by atoms with Gasteiger partial charge in [-0.05, 0) is 36.6 Å². The van der Waals surface area contributed by atoms with E-state index < -0.39 is 0 Å². The van der Waals surface area contributed by atoms with Crippen LogP contribution in [-0.4, -0.2) is 62.5 Å². The lowest BCUT2D eigenvalue weighted by Gasteiger charge is -2.36. The van der Waals surface area contributed by atoms with E-state index in [2.05, 4.69) is 27.4 Å². The second kappa shape index (κ2) is 9.17. The van der Waals surface area contributed by atoms with Crippen LogP contribution < -0.4 is 15.5 Å². The van der Waals surface area contributed by atoms with Crippen molar-refractivity contribution in [1.82, 2.24) is 15.5 Å². The van der Waals surface area contributed by atoms with E-state index in [9.17, 15) is 14.0 Å². The lowest BCUT2D eigenvalue weighted by molar-refractivity contribution is -0.123. The molecule has 1 saturated heterocycles. The first-order valence-electron chi connectivity index (χ1n) is 9.80. The van der Waals surface area contributed by atoms with Gasteiger partial charge in [0.15, 0.2) is 0 Å². The van der Waals surface area contributed by atoms with Crippen molar-refractivity contribution in [1.29, 1.82) is 0 Å². The Labute approximate surface area is 160 Å². The Bertz CT molecular complexity index is 644. The molecule has 1 aromatic rings. The molecule has 1 aromatic carbocycles. The largest absolute Gasteiger partial charge is 0.369 e. The molecule has 2 aliphatic rings. The van der Waals surface area contributed by atoms with Crippen molar-refractivity contribution < 1.29 is 14.0 Å². The summed E-state index contributed by atoms with van der Waals surface area (Å²) in [4.78, 5) is 28.1. The van der Waals surface area contributed by atoms with Gasteiger partial charge < -0.3 is 15.5 Å². The standard InChI is InChI=1S/C20H29FN4O2/c1-15-14-18(15)20(27)23-7-6-19(26)22-8-9-24-10-12-25(13-11-24)17-4-2-16(21)3-5-17/h2-5,15,18H,6-14H2,1H3,(H,22,26)(H,23,27). The van der Waals surface area contributed by atoms with Gasteiger partial charge in [0.25, 0.3) is 0 Å². The highest BCUT2D eigenvalue weighted by Gasteiger charge is 2.38. The maximum absolute atomic E-state index is 13.0. The quantitative estimate of drug-likeness (QED) is 0.716. The summed E-state index contributed by atoms with van der Waals surface area (Å²) >= 11 is 0. The molecule has 0 spiro atoms. The molecule has 0 bridgehead atoms. The summed E-state index contributed by atoms with van der Waals surface area (Å²) in [7, 11) is 0. The molecule has 3 rings (SSSR count). The van der Waals surface area contributed by atoms with Crippen LogP contribution in [0.2, 0.25) is 0 Å². The Morgan fingerprint density at radius 3 is 2.37 bits per heavy atom. The number of piperazine rings is 1. The van der Waals surface area contributed by atoms with E-state index in [4.69, 9.17) is 0 Å². The number of hydrogen-bond donors (Lipinski definition) is 2. The molecular formula is C20H29FN4O2. The molecule has 2 unspecified atom stereocenters. The molecule has 7 heteroatoms. The van der Waals surface area contributed by atoms with E-state index in [1.165, 1.54) is 12.1 Å². The zero-order chi connectivity index (χ0) is 19.2. The van der Waals surface area contributed by atoms with Gasteiger partial charge in [-0.1, -0.05) is 6.92 Å². The number of amides is 2. The van der Waals surface area contributed by atoms with Gasteiger partial charge in [-0.15, -0.1) is 0 Å². The summed E-state index contributed by atoms with van der Waals surface area (Å²) in [6.45, 7) is 7.53. The number of nitrogens with zero attached hydrogens (tertiary/aromatic N) is 2. The second-order valence-electron chi connectivity index (χ2n) is 7.52. The first-order valence-corrected chi connectivity index (χ1v) is 9.80. The van der Waals surface area contributed by atoms with Crippen molar-refractivity contribution in [2.45, 2.75) is 19.8 Å². The van der Waals surface area contributed by atoms with Gasteiger partial charge in [-0.3, -0.25) is 14.5 Å². The van der Waals surface area contributed by atoms with Gasteiger partial charge >= 0.3 is 0 Å². The Morgan fingerprint density at radius 1 is 1.07 bits per heavy atom. The van der Waals surface area contributed by atoms with E-state index in [1.807, 2.05) is 12.1 Å². The number of anilines is 1. The lowest BCUT2D eigenvalue weighted by atomic mass is 10.2. The third-order valence-corrected chi connectivity index (χ3v) is 5.41. The fourth-order valence-electron chi connectivity index (χ4n) is 3.44. The molecular weight excluding hydrogens is 347 g/mol. The van der Waals surface area contributed by atoms with Crippen LogP contribution in [0.15, 0.2) is 24.3 Å². The minimum atomic E-state index is -0.213. The average Bonchev–Trinajstić information content (AvgIpc) is 3.40. The zero-order valence-electron chi connectivity index (χ0n) is 15.9. The third-order valence-electron chi connectivity index (χ3n) is 5.41. The molecule has 1 saturated carbocycles. The maximum Gasteiger partial charge on any atom is 0.223 e. The van der Waals surface area contributed by atoms with Crippen LogP contribution in [0.25, 0.3) is 0 Å². The van der Waals surface area contributed by atoms with E-state index in [1.54, 1.807) is 0 Å². The molecule has 0 radical (unpaired) electrons. The van der Waals surface area contributed by atoms with Crippen molar-refractivity contribution in [2.24, 2.45) is 11.8 Å². The Hall–Kier alpha value is -2.15. The topological polar surface area (TPSA) is 64.7 Å². The number of hydrogen-bond acceptors (Lipinski definition) is 4. The molecule has 1 aliphatic carbocycles. The minimum Gasteiger partial charge on any atom is -0.369 e. The summed E-state index contributed by atoms with van der Waals surface area (Å²) in [5, 5.41) is 5.75. The van der Waals surface area contributed by atoms with Crippen LogP contribution in [0.4, 0.5) is 10.1 Å². The van der Waals surface area contributed by atoms with Gasteiger partial charge in [0.1, 0.15) is 5.82 Å². The van der Waals surface area contributed by atoms with Crippen molar-refractivity contribution in [2.75, 3.05) is 50.7 Å². The average molecular weight is 376 g/mol. The van der Waals surface area contributed by atoms with Gasteiger partial charge in [-0.2, -0.15) is 0 Å². The van der Waals surface area contributed by atoms with Crippen LogP contribution >= 0.6 is 0 Å². The molecule has 2 amide bonds. The Kier molecular flexibility index (Phi) is 6.66. The predicted octanol–water partition coefficient (Wildman–Crippen LogP) is 1.23. The summed E-state index contributed by atoms with van der Waals surface area (Å²) < 4.78 is 13.0. The van der Waals surface area contributed by atoms with Gasteiger partial charge in [-0.25, -0.2) is 4.39 Å². The number of carbonyl (C=O) groups excluding carboxylic acids is 2. The molecule has 2 N–H and O–H groups in total. The summed E-state index contributed by atoms with van der Waals surface area (Å²) in [6, 6.07) is 6.61. The van der Waals surface area contributed by atoms with Crippen LogP contribution in [0.5, 0.6) is 0 Å². The first-order chi connectivity index (χ1) is 13.0. The second-order valence-corrected chi connectivity index (χ2v) is 7.52. The highest BCUT2D eigenvalue weighted by Crippen LogP contribution is 2.37. The number of carbonyl (C=O) groups is 2. The fourth-order valence-corrected chi connectivity index (χ4v) is 3.44. The monoisotopic (exact) mass is 376 g/mol. The molecule has 2 atom stereocenters. The van der Waals surface area contributed by atoms with E-state index in [0.29, 0.717) is 25.4 Å². The van der Waals surface area contributed by atoms with Crippen molar-refractivity contribution in [3.05, 3.63) is 30.1 Å². The molecule has 148 valence electrons. The normalized spacial score (nSPS) is 22.4. The van der Waals surface area contributed by atoms with Crippen LogP contribution in [0.1, 0.15) is 19.8 Å². The van der Waals surface area contributed by atoms with Gasteiger partial charge in [0.05, 0.1) is 0 Å². The minimum absolute atomic E-state index is 0.0240. The van der Waals surface area contributed by atoms with Crippen molar-refractivity contribution in [3.63, 3.8) is 0 Å². The fraction of sp³-hybridized carbons (Fsp3) is 0.600. The molecule has 0 aromatic heterocycles. The third kappa shape index (κ3) is 5.92. The van der Waals surface area contributed by atoms with Gasteiger partial charge in [0, 0.05) is 63.8 Å². The van der Waals surface area contributed by atoms with E-state index >= 15 is 0 Å². The highest BCUT2D eigenvalue weighted by atomic mass is 19.1. The summed E-state index contributed by atoms with van der Waals surface area (Å²) in [5.74, 6) is 0.484. The molecule has 1 heterocycles. The number of halogens is 1. The number of rotatable bonds is 8. The highest BCUT2D eigenvalue weighted by molar-refractivity contribution is 5.82. The first kappa shape index (κ1) is 19.6. The van der Waals surface area contributed by atoms with Crippen LogP contribution in [0, 0.1) is 17.7 Å². The summed E-state index contributed by atoms with van der Waals surface area (Å²) in [5.41, 5.74) is 1.05. The SMILES string of the molecule is CC1CC1C(=O)NCCC(=O)NCCN1CCN(c2ccc(F)cc2)CC1. The summed E-state index contributed by atoms with van der Waals surface area (Å²) in [6.07, 6.45) is 1.29. The lowest BCUT2D eigenvalue weighted by Crippen LogP contribution is -2.48. The van der Waals surface area contributed by atoms with E-state index in [-0.39, 0.29) is 23.5 Å². The molecule has 6 nitrogen and oxygen atoms in total. The molecule has 27 heavy (non-hydrogen) atoms. The Morgan fingerprint density at radius 2 is 1.74 bits per heavy atom. The predicted molar refractivity (Wildman–Crippen MR) is 103 cm³/mol. The number of nitrogens with one attached hydrogen (secondary N) is 2. The zero-order valence-corrected chi connectivity index (χ0v) is 15.9. The molecule has 1 aliphatic heterocycles.